The van der Waals surface area contributed by atoms with Gasteiger partial charge in [0.25, 0.3) is 0 Å². The van der Waals surface area contributed by atoms with Crippen molar-refractivity contribution in [2.24, 2.45) is 5.92 Å². The number of amides is 2. The number of carbonyl (C=O) groups excluding carboxylic acids is 1. The third-order valence-electron chi connectivity index (χ3n) is 5.29. The highest BCUT2D eigenvalue weighted by Crippen LogP contribution is 2.23. The van der Waals surface area contributed by atoms with Crippen molar-refractivity contribution in [2.45, 2.75) is 37.4 Å². The summed E-state index contributed by atoms with van der Waals surface area (Å²) in [7, 11) is -3.06. The highest BCUT2D eigenvalue weighted by molar-refractivity contribution is 7.92. The number of hydrogen-bond acceptors (Lipinski definition) is 3. The normalized spacial score (nSPS) is 23.2. The second-order valence-electron chi connectivity index (χ2n) is 7.23. The van der Waals surface area contributed by atoms with E-state index in [4.69, 9.17) is 0 Å². The maximum Gasteiger partial charge on any atom is 0.317 e. The van der Waals surface area contributed by atoms with Crippen LogP contribution in [0, 0.1) is 17.6 Å². The van der Waals surface area contributed by atoms with Crippen molar-refractivity contribution in [3.63, 3.8) is 0 Å². The molecule has 1 aromatic rings. The molecule has 2 amide bonds. The fourth-order valence-electron chi connectivity index (χ4n) is 3.80. The topological polar surface area (TPSA) is 66.5 Å². The molecule has 3 rings (SSSR count). The summed E-state index contributed by atoms with van der Waals surface area (Å²) in [6.45, 7) is 1.29. The lowest BCUT2D eigenvalue weighted by atomic mass is 9.90. The molecule has 0 bridgehead atoms. The number of nitrogens with zero attached hydrogens (tertiary/aromatic N) is 1. The van der Waals surface area contributed by atoms with Gasteiger partial charge in [0.15, 0.2) is 9.84 Å². The number of likely N-dealkylation sites (tertiary alicyclic amines) is 1. The molecule has 1 aromatic carbocycles. The van der Waals surface area contributed by atoms with Crippen molar-refractivity contribution >= 4 is 15.9 Å². The Morgan fingerprint density at radius 3 is 2.35 bits per heavy atom. The Morgan fingerprint density at radius 1 is 1.12 bits per heavy atom. The molecular weight excluding hydrogens is 362 g/mol. The van der Waals surface area contributed by atoms with E-state index in [9.17, 15) is 22.0 Å². The third-order valence-corrected chi connectivity index (χ3v) is 7.57. The minimum atomic E-state index is -3.06. The summed E-state index contributed by atoms with van der Waals surface area (Å²) in [5.41, 5.74) is 0.636. The van der Waals surface area contributed by atoms with E-state index in [2.05, 4.69) is 5.32 Å². The van der Waals surface area contributed by atoms with Crippen LogP contribution in [0.5, 0.6) is 0 Å². The van der Waals surface area contributed by atoms with Crippen LogP contribution in [0.3, 0.4) is 0 Å². The zero-order valence-corrected chi connectivity index (χ0v) is 15.4. The molecule has 2 aliphatic heterocycles. The standard InChI is InChI=1S/C18H24F2N2O3S/c19-15-9-14(10-16(20)11-15)8-13-3-5-22(6-4-13)18(23)21-12-17-2-1-7-26(17,24)25/h9-11,13,17H,1-8,12H2,(H,21,23). The monoisotopic (exact) mass is 386 g/mol. The fourth-order valence-corrected chi connectivity index (χ4v) is 5.57. The Balaban J connectivity index is 1.45. The highest BCUT2D eigenvalue weighted by atomic mass is 32.2. The van der Waals surface area contributed by atoms with Gasteiger partial charge in [0.1, 0.15) is 11.6 Å². The van der Waals surface area contributed by atoms with Crippen LogP contribution in [0.1, 0.15) is 31.2 Å². The van der Waals surface area contributed by atoms with Crippen molar-refractivity contribution in [3.8, 4) is 0 Å². The van der Waals surface area contributed by atoms with Gasteiger partial charge in [0.2, 0.25) is 0 Å². The Kier molecular flexibility index (Phi) is 5.79. The Bertz CT molecular complexity index is 741. The van der Waals surface area contributed by atoms with Gasteiger partial charge >= 0.3 is 6.03 Å². The van der Waals surface area contributed by atoms with Gasteiger partial charge in [-0.3, -0.25) is 0 Å². The van der Waals surface area contributed by atoms with Gasteiger partial charge in [-0.25, -0.2) is 22.0 Å². The minimum Gasteiger partial charge on any atom is -0.337 e. The van der Waals surface area contributed by atoms with E-state index in [1.165, 1.54) is 12.1 Å². The van der Waals surface area contributed by atoms with Crippen LogP contribution in [0.15, 0.2) is 18.2 Å². The van der Waals surface area contributed by atoms with Crippen LogP contribution < -0.4 is 5.32 Å². The summed E-state index contributed by atoms with van der Waals surface area (Å²) in [6, 6.07) is 3.33. The van der Waals surface area contributed by atoms with Crippen LogP contribution in [-0.4, -0.2) is 50.0 Å². The molecule has 0 spiro atoms. The van der Waals surface area contributed by atoms with Gasteiger partial charge in [0.05, 0.1) is 11.0 Å². The molecule has 1 N–H and O–H groups in total. The fraction of sp³-hybridized carbons (Fsp3) is 0.611. The van der Waals surface area contributed by atoms with Gasteiger partial charge in [-0.1, -0.05) is 0 Å². The molecule has 1 atom stereocenters. The molecule has 5 nitrogen and oxygen atoms in total. The number of benzene rings is 1. The molecule has 2 heterocycles. The first-order valence-electron chi connectivity index (χ1n) is 9.03. The highest BCUT2D eigenvalue weighted by Gasteiger charge is 2.32. The molecule has 0 aromatic heterocycles. The average molecular weight is 386 g/mol. The van der Waals surface area contributed by atoms with Crippen molar-refractivity contribution in [3.05, 3.63) is 35.4 Å². The van der Waals surface area contributed by atoms with E-state index in [1.807, 2.05) is 0 Å². The van der Waals surface area contributed by atoms with Crippen LogP contribution in [0.25, 0.3) is 0 Å². The van der Waals surface area contributed by atoms with Gasteiger partial charge in [-0.2, -0.15) is 0 Å². The number of nitrogens with one attached hydrogen (secondary N) is 1. The quantitative estimate of drug-likeness (QED) is 0.865. The molecule has 1 unspecified atom stereocenters. The molecule has 0 aliphatic carbocycles. The molecular formula is C18H24F2N2O3S. The van der Waals surface area contributed by atoms with E-state index in [1.54, 1.807) is 4.90 Å². The minimum absolute atomic E-state index is 0.170. The van der Waals surface area contributed by atoms with Gasteiger partial charge in [0, 0.05) is 25.7 Å². The first-order chi connectivity index (χ1) is 12.3. The summed E-state index contributed by atoms with van der Waals surface area (Å²) in [4.78, 5) is 13.9. The van der Waals surface area contributed by atoms with Crippen LogP contribution in [-0.2, 0) is 16.3 Å². The molecule has 0 radical (unpaired) electrons. The van der Waals surface area contributed by atoms with Crippen LogP contribution >= 0.6 is 0 Å². The largest absolute Gasteiger partial charge is 0.337 e. The van der Waals surface area contributed by atoms with Gasteiger partial charge < -0.3 is 10.2 Å². The molecule has 2 saturated heterocycles. The first kappa shape index (κ1) is 19.1. The maximum atomic E-state index is 13.3. The number of urea groups is 1. The van der Waals surface area contributed by atoms with Crippen molar-refractivity contribution in [2.75, 3.05) is 25.4 Å². The maximum absolute atomic E-state index is 13.3. The molecule has 2 aliphatic rings. The summed E-state index contributed by atoms with van der Waals surface area (Å²) < 4.78 is 50.1. The number of carbonyl (C=O) groups is 1. The number of hydrogen-bond donors (Lipinski definition) is 1. The zero-order chi connectivity index (χ0) is 18.7. The third kappa shape index (κ3) is 4.72. The predicted molar refractivity (Wildman–Crippen MR) is 94.6 cm³/mol. The smallest absolute Gasteiger partial charge is 0.317 e. The number of piperidine rings is 1. The Hall–Kier alpha value is -1.70. The Labute approximate surface area is 152 Å². The average Bonchev–Trinajstić information content (AvgIpc) is 2.91. The molecule has 144 valence electrons. The summed E-state index contributed by atoms with van der Waals surface area (Å²) in [6.07, 6.45) is 3.37. The molecule has 8 heteroatoms. The summed E-state index contributed by atoms with van der Waals surface area (Å²) in [5.74, 6) is -0.660. The summed E-state index contributed by atoms with van der Waals surface area (Å²) in [5, 5.41) is 2.27. The first-order valence-corrected chi connectivity index (χ1v) is 10.7. The molecule has 0 saturated carbocycles. The van der Waals surface area contributed by atoms with Crippen LogP contribution in [0.2, 0.25) is 0 Å². The van der Waals surface area contributed by atoms with Gasteiger partial charge in [-0.05, 0) is 55.7 Å². The number of rotatable bonds is 4. The molecule has 2 fully saturated rings. The lowest BCUT2D eigenvalue weighted by molar-refractivity contribution is 0.170. The van der Waals surface area contributed by atoms with Crippen molar-refractivity contribution < 1.29 is 22.0 Å². The lowest BCUT2D eigenvalue weighted by Crippen LogP contribution is -2.47. The molecule has 26 heavy (non-hydrogen) atoms. The predicted octanol–water partition coefficient (Wildman–Crippen LogP) is 2.51. The van der Waals surface area contributed by atoms with Gasteiger partial charge in [-0.15, -0.1) is 0 Å². The van der Waals surface area contributed by atoms with E-state index >= 15 is 0 Å². The van der Waals surface area contributed by atoms with E-state index in [0.29, 0.717) is 37.9 Å². The number of sulfone groups is 1. The van der Waals surface area contributed by atoms with E-state index in [0.717, 1.165) is 18.9 Å². The van der Waals surface area contributed by atoms with Crippen molar-refractivity contribution in [1.29, 1.82) is 0 Å². The summed E-state index contributed by atoms with van der Waals surface area (Å²) >= 11 is 0. The van der Waals surface area contributed by atoms with E-state index in [-0.39, 0.29) is 24.2 Å². The second-order valence-corrected chi connectivity index (χ2v) is 9.63. The number of halogens is 2. The SMILES string of the molecule is O=C(NCC1CCCS1(=O)=O)N1CCC(Cc2cc(F)cc(F)c2)CC1. The van der Waals surface area contributed by atoms with E-state index < -0.39 is 26.7 Å². The van der Waals surface area contributed by atoms with Crippen LogP contribution in [0.4, 0.5) is 13.6 Å². The Morgan fingerprint density at radius 2 is 1.77 bits per heavy atom. The zero-order valence-electron chi connectivity index (χ0n) is 14.6. The second kappa shape index (κ2) is 7.90. The lowest BCUT2D eigenvalue weighted by Gasteiger charge is -2.32. The van der Waals surface area contributed by atoms with Crippen molar-refractivity contribution in [1.82, 2.24) is 10.2 Å².